The fourth-order valence-corrected chi connectivity index (χ4v) is 3.32. The van der Waals surface area contributed by atoms with Gasteiger partial charge in [0.1, 0.15) is 0 Å². The van der Waals surface area contributed by atoms with Gasteiger partial charge >= 0.3 is 6.09 Å². The van der Waals surface area contributed by atoms with Crippen molar-refractivity contribution in [1.82, 2.24) is 4.31 Å². The highest BCUT2D eigenvalue weighted by Crippen LogP contribution is 2.34. The third-order valence-electron chi connectivity index (χ3n) is 2.94. The van der Waals surface area contributed by atoms with Gasteiger partial charge in [0.2, 0.25) is 0 Å². The predicted octanol–water partition coefficient (Wildman–Crippen LogP) is 5.82. The molecule has 0 unspecified atom stereocenters. The van der Waals surface area contributed by atoms with Gasteiger partial charge in [-0.15, -0.1) is 0 Å². The molecule has 0 spiro atoms. The Hall–Kier alpha value is -1.53. The maximum Gasteiger partial charge on any atom is 0.431 e. The molecule has 23 heavy (non-hydrogen) atoms. The third-order valence-corrected chi connectivity index (χ3v) is 5.16. The third kappa shape index (κ3) is 3.70. The molecule has 0 aliphatic carbocycles. The number of amides is 1. The van der Waals surface area contributed by atoms with Crippen LogP contribution in [0.5, 0.6) is 0 Å². The van der Waals surface area contributed by atoms with Crippen LogP contribution in [0.2, 0.25) is 10.0 Å². The molecule has 1 amide bonds. The largest absolute Gasteiger partial charge is 0.431 e. The van der Waals surface area contributed by atoms with Gasteiger partial charge in [-0.3, -0.25) is 0 Å². The van der Waals surface area contributed by atoms with Gasteiger partial charge in [-0.2, -0.15) is 0 Å². The SMILES string of the molecule is O=C1OC(=Cc2ccccc2)C(=S)N1Sc1ccc(Cl)c(Cl)c1. The van der Waals surface area contributed by atoms with Crippen LogP contribution in [0.15, 0.2) is 59.2 Å². The Morgan fingerprint density at radius 3 is 2.52 bits per heavy atom. The highest BCUT2D eigenvalue weighted by Gasteiger charge is 2.34. The molecule has 116 valence electrons. The number of hydrogen-bond acceptors (Lipinski definition) is 4. The Labute approximate surface area is 153 Å². The van der Waals surface area contributed by atoms with Crippen LogP contribution < -0.4 is 0 Å². The van der Waals surface area contributed by atoms with Crippen LogP contribution in [0, 0.1) is 0 Å². The van der Waals surface area contributed by atoms with E-state index in [0.717, 1.165) is 22.4 Å². The molecule has 2 aromatic carbocycles. The van der Waals surface area contributed by atoms with E-state index in [4.69, 9.17) is 40.2 Å². The van der Waals surface area contributed by atoms with Gasteiger partial charge in [0.05, 0.1) is 10.0 Å². The lowest BCUT2D eigenvalue weighted by Gasteiger charge is -2.10. The Balaban J connectivity index is 1.81. The molecule has 1 aliphatic rings. The van der Waals surface area contributed by atoms with Gasteiger partial charge in [-0.25, -0.2) is 9.10 Å². The maximum atomic E-state index is 12.0. The van der Waals surface area contributed by atoms with E-state index in [1.807, 2.05) is 30.3 Å². The second-order valence-corrected chi connectivity index (χ2v) is 6.77. The van der Waals surface area contributed by atoms with E-state index >= 15 is 0 Å². The average Bonchev–Trinajstić information content (AvgIpc) is 2.79. The minimum Gasteiger partial charge on any atom is -0.406 e. The molecule has 0 saturated carbocycles. The lowest BCUT2D eigenvalue weighted by Crippen LogP contribution is -2.19. The van der Waals surface area contributed by atoms with Crippen molar-refractivity contribution in [2.75, 3.05) is 0 Å². The second-order valence-electron chi connectivity index (χ2n) is 4.55. The van der Waals surface area contributed by atoms with Crippen molar-refractivity contribution in [2.24, 2.45) is 0 Å². The molecule has 2 aromatic rings. The van der Waals surface area contributed by atoms with Crippen LogP contribution in [0.3, 0.4) is 0 Å². The molecule has 1 fully saturated rings. The van der Waals surface area contributed by atoms with Crippen LogP contribution in [-0.2, 0) is 4.74 Å². The zero-order valence-corrected chi connectivity index (χ0v) is 14.7. The van der Waals surface area contributed by atoms with E-state index in [-0.39, 0.29) is 0 Å². The van der Waals surface area contributed by atoms with Crippen molar-refractivity contribution < 1.29 is 9.53 Å². The molecule has 3 rings (SSSR count). The number of carbonyl (C=O) groups excluding carboxylic acids is 1. The minimum atomic E-state index is -0.534. The van der Waals surface area contributed by atoms with Crippen LogP contribution >= 0.6 is 47.4 Å². The van der Waals surface area contributed by atoms with Crippen LogP contribution in [0.4, 0.5) is 4.79 Å². The van der Waals surface area contributed by atoms with Crippen molar-refractivity contribution in [3.05, 3.63) is 69.9 Å². The fourth-order valence-electron chi connectivity index (χ4n) is 1.87. The summed E-state index contributed by atoms with van der Waals surface area (Å²) < 4.78 is 6.55. The molecule has 0 radical (unpaired) electrons. The molecular formula is C16H9Cl2NO2S2. The monoisotopic (exact) mass is 381 g/mol. The van der Waals surface area contributed by atoms with E-state index < -0.39 is 6.09 Å². The van der Waals surface area contributed by atoms with Gasteiger partial charge in [0.25, 0.3) is 0 Å². The number of hydrogen-bond donors (Lipinski definition) is 0. The van der Waals surface area contributed by atoms with Crippen LogP contribution in [0.1, 0.15) is 5.56 Å². The highest BCUT2D eigenvalue weighted by molar-refractivity contribution is 7.99. The summed E-state index contributed by atoms with van der Waals surface area (Å²) >= 11 is 18.3. The van der Waals surface area contributed by atoms with Gasteiger partial charge < -0.3 is 4.74 Å². The number of benzene rings is 2. The summed E-state index contributed by atoms with van der Waals surface area (Å²) in [6, 6.07) is 14.6. The second kappa shape index (κ2) is 6.93. The first-order chi connectivity index (χ1) is 11.0. The molecule has 1 saturated heterocycles. The van der Waals surface area contributed by atoms with Gasteiger partial charge in [-0.05, 0) is 41.8 Å². The summed E-state index contributed by atoms with van der Waals surface area (Å²) in [6.45, 7) is 0. The molecule has 7 heteroatoms. The van der Waals surface area contributed by atoms with Crippen molar-refractivity contribution >= 4 is 64.5 Å². The Morgan fingerprint density at radius 2 is 1.83 bits per heavy atom. The number of nitrogens with zero attached hydrogens (tertiary/aromatic N) is 1. The van der Waals surface area contributed by atoms with E-state index in [1.165, 1.54) is 4.31 Å². The number of thiocarbonyl (C=S) groups is 1. The van der Waals surface area contributed by atoms with Crippen molar-refractivity contribution in [3.63, 3.8) is 0 Å². The molecule has 0 aromatic heterocycles. The van der Waals surface area contributed by atoms with E-state index in [2.05, 4.69) is 0 Å². The topological polar surface area (TPSA) is 29.5 Å². The lowest BCUT2D eigenvalue weighted by molar-refractivity contribution is 0.186. The van der Waals surface area contributed by atoms with E-state index in [1.54, 1.807) is 24.3 Å². The first kappa shape index (κ1) is 16.3. The first-order valence-corrected chi connectivity index (χ1v) is 8.44. The van der Waals surface area contributed by atoms with Crippen molar-refractivity contribution in [2.45, 2.75) is 4.90 Å². The summed E-state index contributed by atoms with van der Waals surface area (Å²) in [7, 11) is 0. The zero-order valence-electron chi connectivity index (χ0n) is 11.5. The Morgan fingerprint density at radius 1 is 1.09 bits per heavy atom. The molecule has 1 aliphatic heterocycles. The minimum absolute atomic E-state index is 0.315. The number of ether oxygens (including phenoxy) is 1. The molecule has 0 N–H and O–H groups in total. The molecule has 1 heterocycles. The van der Waals surface area contributed by atoms with Crippen LogP contribution in [0.25, 0.3) is 6.08 Å². The smallest absolute Gasteiger partial charge is 0.406 e. The standard InChI is InChI=1S/C16H9Cl2NO2S2/c17-12-7-6-11(9-13(12)18)23-19-15(22)14(21-16(19)20)8-10-4-2-1-3-5-10/h1-9H. The van der Waals surface area contributed by atoms with Gasteiger partial charge in [0.15, 0.2) is 10.7 Å². The maximum absolute atomic E-state index is 12.0. The first-order valence-electron chi connectivity index (χ1n) is 6.50. The van der Waals surface area contributed by atoms with Crippen molar-refractivity contribution in [1.29, 1.82) is 0 Å². The molecular weight excluding hydrogens is 373 g/mol. The normalized spacial score (nSPS) is 16.1. The Kier molecular flexibility index (Phi) is 4.92. The zero-order chi connectivity index (χ0) is 16.4. The summed E-state index contributed by atoms with van der Waals surface area (Å²) in [6.07, 6.45) is 1.20. The summed E-state index contributed by atoms with van der Waals surface area (Å²) in [4.78, 5) is 13.1. The average molecular weight is 382 g/mol. The number of cyclic esters (lactones) is 1. The van der Waals surface area contributed by atoms with Gasteiger partial charge in [0, 0.05) is 4.90 Å². The summed E-state index contributed by atoms with van der Waals surface area (Å²) in [5.74, 6) is 0.351. The lowest BCUT2D eigenvalue weighted by atomic mass is 10.2. The highest BCUT2D eigenvalue weighted by atomic mass is 35.5. The van der Waals surface area contributed by atoms with Crippen LogP contribution in [-0.4, -0.2) is 15.4 Å². The molecule has 3 nitrogen and oxygen atoms in total. The number of carbonyl (C=O) groups is 1. The van der Waals surface area contributed by atoms with Gasteiger partial charge in [-0.1, -0.05) is 65.8 Å². The van der Waals surface area contributed by atoms with E-state index in [0.29, 0.717) is 20.8 Å². The Bertz CT molecular complexity index is 809. The summed E-state index contributed by atoms with van der Waals surface area (Å²) in [5, 5.41) is 0.863. The summed E-state index contributed by atoms with van der Waals surface area (Å²) in [5.41, 5.74) is 0.902. The molecule has 0 bridgehead atoms. The molecule has 0 atom stereocenters. The number of halogens is 2. The van der Waals surface area contributed by atoms with E-state index in [9.17, 15) is 4.79 Å². The fraction of sp³-hybridized carbons (Fsp3) is 0. The quantitative estimate of drug-likeness (QED) is 0.380. The van der Waals surface area contributed by atoms with Crippen molar-refractivity contribution in [3.8, 4) is 0 Å². The number of rotatable bonds is 3. The predicted molar refractivity (Wildman–Crippen MR) is 97.7 cm³/mol.